The molecule has 0 aromatic carbocycles. The smallest absolute Gasteiger partial charge is 0.315 e. The quantitative estimate of drug-likeness (QED) is 0.740. The summed E-state index contributed by atoms with van der Waals surface area (Å²) in [4.78, 5) is 11.6. The van der Waals surface area contributed by atoms with Gasteiger partial charge in [0, 0.05) is 12.8 Å². The van der Waals surface area contributed by atoms with Gasteiger partial charge in [-0.2, -0.15) is 0 Å². The molecular formula is C10H16F2O3. The highest BCUT2D eigenvalue weighted by molar-refractivity contribution is 5.80. The topological polar surface area (TPSA) is 46.5 Å². The molecule has 1 aliphatic rings. The lowest BCUT2D eigenvalue weighted by atomic mass is 9.57. The van der Waals surface area contributed by atoms with E-state index in [4.69, 9.17) is 4.74 Å². The van der Waals surface area contributed by atoms with Crippen LogP contribution in [0.15, 0.2) is 0 Å². The van der Waals surface area contributed by atoms with Gasteiger partial charge >= 0.3 is 5.97 Å². The summed E-state index contributed by atoms with van der Waals surface area (Å²) in [5.74, 6) is -3.60. The lowest BCUT2D eigenvalue weighted by Crippen LogP contribution is -2.62. The number of aliphatic hydroxyl groups is 1. The summed E-state index contributed by atoms with van der Waals surface area (Å²) in [7, 11) is 0. The van der Waals surface area contributed by atoms with Crippen molar-refractivity contribution in [1.29, 1.82) is 0 Å². The van der Waals surface area contributed by atoms with Gasteiger partial charge in [-0.05, 0) is 20.8 Å². The minimum atomic E-state index is -2.87. The van der Waals surface area contributed by atoms with Gasteiger partial charge in [0.15, 0.2) is 0 Å². The van der Waals surface area contributed by atoms with Crippen molar-refractivity contribution in [2.75, 3.05) is 6.61 Å². The SMILES string of the molecule is CCOC(=O)C1(C(C)(C)O)CC(F)(F)C1. The van der Waals surface area contributed by atoms with E-state index in [0.29, 0.717) is 0 Å². The van der Waals surface area contributed by atoms with E-state index in [0.717, 1.165) is 0 Å². The first-order valence-corrected chi connectivity index (χ1v) is 4.92. The van der Waals surface area contributed by atoms with Crippen molar-refractivity contribution >= 4 is 5.97 Å². The van der Waals surface area contributed by atoms with Crippen molar-refractivity contribution in [3.8, 4) is 0 Å². The standard InChI is InChI=1S/C10H16F2O3/c1-4-15-7(13)9(8(2,3)14)5-10(11,12)6-9/h14H,4-6H2,1-3H3. The summed E-state index contributed by atoms with van der Waals surface area (Å²) in [5.41, 5.74) is -2.94. The Labute approximate surface area is 87.4 Å². The molecule has 0 aromatic rings. The molecule has 0 atom stereocenters. The van der Waals surface area contributed by atoms with Gasteiger partial charge in [-0.25, -0.2) is 8.78 Å². The Hall–Kier alpha value is -0.710. The van der Waals surface area contributed by atoms with E-state index in [1.807, 2.05) is 0 Å². The van der Waals surface area contributed by atoms with Crippen LogP contribution in [-0.4, -0.2) is 29.2 Å². The van der Waals surface area contributed by atoms with E-state index in [1.165, 1.54) is 13.8 Å². The van der Waals surface area contributed by atoms with E-state index in [2.05, 4.69) is 0 Å². The number of carbonyl (C=O) groups excluding carboxylic acids is 1. The molecule has 0 saturated heterocycles. The van der Waals surface area contributed by atoms with Gasteiger partial charge in [0.25, 0.3) is 5.92 Å². The second-order valence-corrected chi connectivity index (χ2v) is 4.57. The third kappa shape index (κ3) is 1.97. The molecular weight excluding hydrogens is 206 g/mol. The van der Waals surface area contributed by atoms with E-state index >= 15 is 0 Å². The molecule has 88 valence electrons. The van der Waals surface area contributed by atoms with Crippen LogP contribution < -0.4 is 0 Å². The maximum Gasteiger partial charge on any atom is 0.315 e. The van der Waals surface area contributed by atoms with Gasteiger partial charge in [0.1, 0.15) is 5.41 Å². The number of halogens is 2. The van der Waals surface area contributed by atoms with Gasteiger partial charge in [-0.1, -0.05) is 0 Å². The Morgan fingerprint density at radius 1 is 1.47 bits per heavy atom. The summed E-state index contributed by atoms with van der Waals surface area (Å²) >= 11 is 0. The average Bonchev–Trinajstić information content (AvgIpc) is 1.97. The van der Waals surface area contributed by atoms with E-state index in [9.17, 15) is 18.7 Å². The molecule has 1 N–H and O–H groups in total. The molecule has 5 heteroatoms. The number of carbonyl (C=O) groups is 1. The molecule has 0 unspecified atom stereocenters. The van der Waals surface area contributed by atoms with Crippen molar-refractivity contribution in [2.45, 2.75) is 45.1 Å². The van der Waals surface area contributed by atoms with Gasteiger partial charge < -0.3 is 9.84 Å². The normalized spacial score (nSPS) is 23.1. The molecule has 0 spiro atoms. The van der Waals surface area contributed by atoms with E-state index in [-0.39, 0.29) is 6.61 Å². The van der Waals surface area contributed by atoms with Crippen molar-refractivity contribution in [2.24, 2.45) is 5.41 Å². The van der Waals surface area contributed by atoms with Crippen LogP contribution in [0.1, 0.15) is 33.6 Å². The molecule has 1 fully saturated rings. The minimum Gasteiger partial charge on any atom is -0.465 e. The van der Waals surface area contributed by atoms with Crippen LogP contribution in [0.25, 0.3) is 0 Å². The summed E-state index contributed by atoms with van der Waals surface area (Å²) < 4.78 is 30.4. The summed E-state index contributed by atoms with van der Waals surface area (Å²) in [6.45, 7) is 4.45. The highest BCUT2D eigenvalue weighted by atomic mass is 19.3. The second-order valence-electron chi connectivity index (χ2n) is 4.57. The molecule has 0 heterocycles. The molecule has 1 rings (SSSR count). The van der Waals surface area contributed by atoms with Crippen molar-refractivity contribution in [1.82, 2.24) is 0 Å². The van der Waals surface area contributed by atoms with E-state index in [1.54, 1.807) is 6.92 Å². The van der Waals surface area contributed by atoms with Crippen LogP contribution in [0.4, 0.5) is 8.78 Å². The fourth-order valence-electron chi connectivity index (χ4n) is 1.93. The maximum atomic E-state index is 12.8. The first-order chi connectivity index (χ1) is 6.65. The monoisotopic (exact) mass is 222 g/mol. The first-order valence-electron chi connectivity index (χ1n) is 4.92. The molecule has 15 heavy (non-hydrogen) atoms. The predicted molar refractivity (Wildman–Crippen MR) is 49.5 cm³/mol. The zero-order chi connectivity index (χ0) is 11.9. The Bertz CT molecular complexity index is 260. The third-order valence-electron chi connectivity index (χ3n) is 2.96. The largest absolute Gasteiger partial charge is 0.465 e. The summed E-state index contributed by atoms with van der Waals surface area (Å²) in [6.07, 6.45) is -1.27. The van der Waals surface area contributed by atoms with Crippen LogP contribution >= 0.6 is 0 Å². The van der Waals surface area contributed by atoms with Crippen LogP contribution in [0, 0.1) is 5.41 Å². The van der Waals surface area contributed by atoms with Crippen LogP contribution in [0.3, 0.4) is 0 Å². The Balaban J connectivity index is 2.87. The lowest BCUT2D eigenvalue weighted by Gasteiger charge is -2.51. The third-order valence-corrected chi connectivity index (χ3v) is 2.96. The van der Waals surface area contributed by atoms with Crippen LogP contribution in [0.5, 0.6) is 0 Å². The van der Waals surface area contributed by atoms with E-state index < -0.39 is 35.7 Å². The second kappa shape index (κ2) is 3.40. The first kappa shape index (κ1) is 12.4. The molecule has 1 aliphatic carbocycles. The van der Waals surface area contributed by atoms with Gasteiger partial charge in [-0.3, -0.25) is 4.79 Å². The molecule has 3 nitrogen and oxygen atoms in total. The highest BCUT2D eigenvalue weighted by Gasteiger charge is 2.68. The van der Waals surface area contributed by atoms with Gasteiger partial charge in [0.2, 0.25) is 0 Å². The van der Waals surface area contributed by atoms with Crippen molar-refractivity contribution < 1.29 is 23.4 Å². The van der Waals surface area contributed by atoms with Gasteiger partial charge in [-0.15, -0.1) is 0 Å². The average molecular weight is 222 g/mol. The predicted octanol–water partition coefficient (Wildman–Crippen LogP) is 1.74. The molecule has 0 amide bonds. The number of ether oxygens (including phenoxy) is 1. The molecule has 1 saturated carbocycles. The van der Waals surface area contributed by atoms with Crippen molar-refractivity contribution in [3.63, 3.8) is 0 Å². The molecule has 0 radical (unpaired) electrons. The Morgan fingerprint density at radius 3 is 2.20 bits per heavy atom. The Kier molecular flexibility index (Phi) is 2.80. The lowest BCUT2D eigenvalue weighted by molar-refractivity contribution is -0.239. The summed E-state index contributed by atoms with van der Waals surface area (Å²) in [6, 6.07) is 0. The highest BCUT2D eigenvalue weighted by Crippen LogP contribution is 2.58. The van der Waals surface area contributed by atoms with Crippen LogP contribution in [-0.2, 0) is 9.53 Å². The number of rotatable bonds is 3. The molecule has 0 bridgehead atoms. The summed E-state index contributed by atoms with van der Waals surface area (Å²) in [5, 5.41) is 9.78. The minimum absolute atomic E-state index is 0.127. The number of alkyl halides is 2. The number of hydrogen-bond donors (Lipinski definition) is 1. The zero-order valence-electron chi connectivity index (χ0n) is 9.14. The van der Waals surface area contributed by atoms with Crippen LogP contribution in [0.2, 0.25) is 0 Å². The zero-order valence-corrected chi connectivity index (χ0v) is 9.14. The molecule has 0 aromatic heterocycles. The Morgan fingerprint density at radius 2 is 1.93 bits per heavy atom. The molecule has 0 aliphatic heterocycles. The number of hydrogen-bond acceptors (Lipinski definition) is 3. The fraction of sp³-hybridized carbons (Fsp3) is 0.900. The van der Waals surface area contributed by atoms with Crippen molar-refractivity contribution in [3.05, 3.63) is 0 Å². The van der Waals surface area contributed by atoms with Gasteiger partial charge in [0.05, 0.1) is 12.2 Å². The number of esters is 1. The maximum absolute atomic E-state index is 12.8. The fourth-order valence-corrected chi connectivity index (χ4v) is 1.93.